The number of nitrogens with zero attached hydrogens (tertiary/aromatic N) is 2. The number of carbonyl (C=O) groups is 4. The lowest BCUT2D eigenvalue weighted by atomic mass is 10.1. The number of carboxylic acids is 2. The van der Waals surface area contributed by atoms with E-state index in [0.29, 0.717) is 24.2 Å². The molecule has 0 aliphatic carbocycles. The van der Waals surface area contributed by atoms with Crippen LogP contribution >= 0.6 is 0 Å². The van der Waals surface area contributed by atoms with E-state index < -0.39 is 11.9 Å². The van der Waals surface area contributed by atoms with Crippen molar-refractivity contribution < 1.29 is 29.4 Å². The molecule has 9 nitrogen and oxygen atoms in total. The first-order chi connectivity index (χ1) is 14.9. The lowest BCUT2D eigenvalue weighted by Gasteiger charge is -2.23. The number of aromatic carboxylic acids is 2. The molecule has 4 N–H and O–H groups in total. The third kappa shape index (κ3) is 4.06. The summed E-state index contributed by atoms with van der Waals surface area (Å²) >= 11 is 0. The Bertz CT molecular complexity index is 1160. The van der Waals surface area contributed by atoms with E-state index in [1.165, 1.54) is 54.6 Å². The number of carbonyl (C=O) groups excluding carboxylic acids is 2. The standard InChI is InChI=1S/C22H17N3O6/c23-17-5-3-7-19(20(17)22(30)31)25(13-27)15-10-8-14(9-11-15)24(12-26)18-6-2-1-4-16(18)21(28)29/h1-13H,23H2,(H,28,29)(H,30,31). The number of nitrogen functional groups attached to an aromatic ring is 1. The molecule has 0 atom stereocenters. The van der Waals surface area contributed by atoms with E-state index in [1.807, 2.05) is 0 Å². The number of rotatable bonds is 8. The summed E-state index contributed by atoms with van der Waals surface area (Å²) in [4.78, 5) is 48.8. The van der Waals surface area contributed by atoms with Crippen molar-refractivity contribution in [3.8, 4) is 0 Å². The number of para-hydroxylation sites is 1. The molecule has 0 aromatic heterocycles. The molecule has 31 heavy (non-hydrogen) atoms. The maximum Gasteiger partial charge on any atom is 0.339 e. The Labute approximate surface area is 176 Å². The van der Waals surface area contributed by atoms with Gasteiger partial charge in [-0.25, -0.2) is 9.59 Å². The number of amides is 2. The van der Waals surface area contributed by atoms with Gasteiger partial charge in [-0.05, 0) is 48.5 Å². The molecule has 0 spiro atoms. The van der Waals surface area contributed by atoms with Gasteiger partial charge < -0.3 is 15.9 Å². The Morgan fingerprint density at radius 3 is 1.74 bits per heavy atom. The predicted molar refractivity (Wildman–Crippen MR) is 114 cm³/mol. The van der Waals surface area contributed by atoms with Crippen LogP contribution in [0.25, 0.3) is 0 Å². The van der Waals surface area contributed by atoms with E-state index in [4.69, 9.17) is 5.73 Å². The van der Waals surface area contributed by atoms with Crippen LogP contribution in [0.4, 0.5) is 28.4 Å². The minimum absolute atomic E-state index is 0.00544. The van der Waals surface area contributed by atoms with Crippen molar-refractivity contribution in [3.05, 3.63) is 77.9 Å². The predicted octanol–water partition coefficient (Wildman–Crippen LogP) is 3.25. The van der Waals surface area contributed by atoms with Gasteiger partial charge in [0.1, 0.15) is 5.56 Å². The van der Waals surface area contributed by atoms with Crippen LogP contribution in [-0.2, 0) is 9.59 Å². The first-order valence-electron chi connectivity index (χ1n) is 8.92. The molecule has 0 aliphatic rings. The summed E-state index contributed by atoms with van der Waals surface area (Å²) < 4.78 is 0. The average molecular weight is 419 g/mol. The monoisotopic (exact) mass is 419 g/mol. The van der Waals surface area contributed by atoms with Gasteiger partial charge in [-0.1, -0.05) is 18.2 Å². The van der Waals surface area contributed by atoms with Crippen molar-refractivity contribution >= 4 is 53.2 Å². The summed E-state index contributed by atoms with van der Waals surface area (Å²) in [7, 11) is 0. The summed E-state index contributed by atoms with van der Waals surface area (Å²) in [5, 5.41) is 18.8. The lowest BCUT2D eigenvalue weighted by molar-refractivity contribution is -0.107. The number of anilines is 5. The Balaban J connectivity index is 2.02. The Morgan fingerprint density at radius 2 is 1.23 bits per heavy atom. The molecule has 0 bridgehead atoms. The second-order valence-corrected chi connectivity index (χ2v) is 6.34. The number of hydrogen-bond acceptors (Lipinski definition) is 5. The zero-order valence-corrected chi connectivity index (χ0v) is 16.0. The quantitative estimate of drug-likeness (QED) is 0.376. The Morgan fingerprint density at radius 1 is 0.710 bits per heavy atom. The third-order valence-electron chi connectivity index (χ3n) is 4.56. The highest BCUT2D eigenvalue weighted by Gasteiger charge is 2.21. The normalized spacial score (nSPS) is 10.2. The summed E-state index contributed by atoms with van der Waals surface area (Å²) in [6.07, 6.45) is 0.933. The van der Waals surface area contributed by atoms with Crippen LogP contribution < -0.4 is 15.5 Å². The van der Waals surface area contributed by atoms with Crippen LogP contribution in [0, 0.1) is 0 Å². The van der Waals surface area contributed by atoms with Crippen LogP contribution in [0.3, 0.4) is 0 Å². The maximum absolute atomic E-state index is 11.8. The van der Waals surface area contributed by atoms with Gasteiger partial charge in [-0.2, -0.15) is 0 Å². The van der Waals surface area contributed by atoms with Crippen molar-refractivity contribution in [3.63, 3.8) is 0 Å². The Kier molecular flexibility index (Phi) is 5.97. The zero-order valence-electron chi connectivity index (χ0n) is 16.0. The van der Waals surface area contributed by atoms with Crippen LogP contribution in [0.5, 0.6) is 0 Å². The molecule has 0 aliphatic heterocycles. The molecule has 0 saturated heterocycles. The molecule has 0 saturated carbocycles. The highest BCUT2D eigenvalue weighted by Crippen LogP contribution is 2.33. The smallest absolute Gasteiger partial charge is 0.339 e. The third-order valence-corrected chi connectivity index (χ3v) is 4.56. The molecule has 0 radical (unpaired) electrons. The van der Waals surface area contributed by atoms with Gasteiger partial charge in [0.15, 0.2) is 0 Å². The summed E-state index contributed by atoms with van der Waals surface area (Å²) in [5.74, 6) is -2.47. The lowest BCUT2D eigenvalue weighted by Crippen LogP contribution is -2.20. The topological polar surface area (TPSA) is 141 Å². The minimum atomic E-state index is -1.28. The molecule has 0 fully saturated rings. The molecule has 3 aromatic carbocycles. The first kappa shape index (κ1) is 21.1. The van der Waals surface area contributed by atoms with Crippen LogP contribution in [0.15, 0.2) is 66.7 Å². The van der Waals surface area contributed by atoms with Gasteiger partial charge in [0.05, 0.1) is 16.9 Å². The van der Waals surface area contributed by atoms with E-state index in [-0.39, 0.29) is 28.2 Å². The molecular weight excluding hydrogens is 402 g/mol. The largest absolute Gasteiger partial charge is 0.478 e. The number of nitrogens with two attached hydrogens (primary N) is 1. The highest BCUT2D eigenvalue weighted by molar-refractivity contribution is 6.05. The average Bonchev–Trinajstić information content (AvgIpc) is 2.76. The van der Waals surface area contributed by atoms with E-state index in [0.717, 1.165) is 9.80 Å². The molecule has 2 amide bonds. The van der Waals surface area contributed by atoms with E-state index in [2.05, 4.69) is 0 Å². The maximum atomic E-state index is 11.8. The zero-order chi connectivity index (χ0) is 22.5. The highest BCUT2D eigenvalue weighted by atomic mass is 16.4. The van der Waals surface area contributed by atoms with Crippen molar-refractivity contribution in [2.75, 3.05) is 15.5 Å². The van der Waals surface area contributed by atoms with Gasteiger partial charge in [-0.15, -0.1) is 0 Å². The first-order valence-corrected chi connectivity index (χ1v) is 8.92. The van der Waals surface area contributed by atoms with Gasteiger partial charge in [0.25, 0.3) is 0 Å². The fraction of sp³-hybridized carbons (Fsp3) is 0. The summed E-state index contributed by atoms with van der Waals surface area (Å²) in [6.45, 7) is 0. The van der Waals surface area contributed by atoms with Crippen molar-refractivity contribution in [1.29, 1.82) is 0 Å². The molecule has 156 valence electrons. The van der Waals surface area contributed by atoms with Crippen molar-refractivity contribution in [1.82, 2.24) is 0 Å². The van der Waals surface area contributed by atoms with Crippen molar-refractivity contribution in [2.45, 2.75) is 0 Å². The van der Waals surface area contributed by atoms with E-state index >= 15 is 0 Å². The van der Waals surface area contributed by atoms with Gasteiger partial charge in [-0.3, -0.25) is 19.4 Å². The van der Waals surface area contributed by atoms with Gasteiger partial charge in [0, 0.05) is 17.1 Å². The molecule has 9 heteroatoms. The van der Waals surface area contributed by atoms with E-state index in [9.17, 15) is 29.4 Å². The second-order valence-electron chi connectivity index (χ2n) is 6.34. The van der Waals surface area contributed by atoms with Crippen LogP contribution in [0.2, 0.25) is 0 Å². The van der Waals surface area contributed by atoms with Crippen LogP contribution in [-0.4, -0.2) is 35.0 Å². The fourth-order valence-electron chi connectivity index (χ4n) is 3.14. The van der Waals surface area contributed by atoms with Crippen molar-refractivity contribution in [2.24, 2.45) is 0 Å². The molecular formula is C22H17N3O6. The van der Waals surface area contributed by atoms with Crippen LogP contribution in [0.1, 0.15) is 20.7 Å². The number of hydrogen-bond donors (Lipinski definition) is 3. The molecule has 0 heterocycles. The summed E-state index contributed by atoms with van der Waals surface area (Å²) in [5.41, 5.74) is 6.42. The van der Waals surface area contributed by atoms with E-state index in [1.54, 1.807) is 12.1 Å². The number of carboxylic acid groups (broad SMARTS) is 2. The second kappa shape index (κ2) is 8.78. The van der Waals surface area contributed by atoms with Gasteiger partial charge in [0.2, 0.25) is 12.8 Å². The number of benzene rings is 3. The fourth-order valence-corrected chi connectivity index (χ4v) is 3.14. The SMILES string of the molecule is Nc1cccc(N(C=O)c2ccc(N(C=O)c3ccccc3C(=O)O)cc2)c1C(=O)O. The summed E-state index contributed by atoms with van der Waals surface area (Å²) in [6, 6.07) is 16.4. The molecule has 3 rings (SSSR count). The minimum Gasteiger partial charge on any atom is -0.478 e. The molecule has 0 unspecified atom stereocenters. The molecule has 3 aromatic rings. The Hall–Kier alpha value is -4.66. The van der Waals surface area contributed by atoms with Gasteiger partial charge >= 0.3 is 11.9 Å².